The molecule has 0 fully saturated rings. The maximum absolute atomic E-state index is 12.9. The molecule has 2 aromatic rings. The molecule has 0 unspecified atom stereocenters. The van der Waals surface area contributed by atoms with E-state index in [1.807, 2.05) is 0 Å². The van der Waals surface area contributed by atoms with Gasteiger partial charge in [0.15, 0.2) is 0 Å². The highest BCUT2D eigenvalue weighted by molar-refractivity contribution is 6.76. The lowest BCUT2D eigenvalue weighted by atomic mass is 10.1. The van der Waals surface area contributed by atoms with E-state index < -0.39 is 19.8 Å². The largest absolute Gasteiger partial charge is 0.417 e. The van der Waals surface area contributed by atoms with Crippen LogP contribution in [0.2, 0.25) is 25.7 Å². The fraction of sp³-hybridized carbons (Fsp3) is 0.500. The number of ether oxygens (including phenoxy) is 1. The van der Waals surface area contributed by atoms with Crippen molar-refractivity contribution in [3.8, 4) is 0 Å². The second-order valence-electron chi connectivity index (χ2n) is 6.23. The summed E-state index contributed by atoms with van der Waals surface area (Å²) in [4.78, 5) is 0. The van der Waals surface area contributed by atoms with Gasteiger partial charge in [-0.15, -0.1) is 0 Å². The van der Waals surface area contributed by atoms with Crippen molar-refractivity contribution < 1.29 is 17.9 Å². The number of benzene rings is 1. The van der Waals surface area contributed by atoms with Crippen molar-refractivity contribution >= 4 is 19.0 Å². The van der Waals surface area contributed by atoms with Crippen LogP contribution in [0.4, 0.5) is 13.2 Å². The van der Waals surface area contributed by atoms with Crippen molar-refractivity contribution in [2.45, 2.75) is 38.6 Å². The molecule has 1 aromatic carbocycles. The molecule has 0 aliphatic carbocycles. The molecular formula is C14H19F3N2OSi. The van der Waals surface area contributed by atoms with Gasteiger partial charge in [-0.25, -0.2) is 4.68 Å². The molecule has 7 heteroatoms. The van der Waals surface area contributed by atoms with Crippen molar-refractivity contribution in [2.75, 3.05) is 6.61 Å². The molecule has 3 nitrogen and oxygen atoms in total. The van der Waals surface area contributed by atoms with E-state index >= 15 is 0 Å². The first-order chi connectivity index (χ1) is 9.68. The second-order valence-corrected chi connectivity index (χ2v) is 11.8. The molecule has 0 amide bonds. The first-order valence-electron chi connectivity index (χ1n) is 6.78. The molecule has 116 valence electrons. The number of halogens is 3. The Morgan fingerprint density at radius 3 is 2.57 bits per heavy atom. The van der Waals surface area contributed by atoms with Crippen LogP contribution in [-0.2, 0) is 17.6 Å². The Hall–Kier alpha value is -1.34. The number of alkyl halides is 3. The van der Waals surface area contributed by atoms with Crippen LogP contribution >= 0.6 is 0 Å². The lowest BCUT2D eigenvalue weighted by Gasteiger charge is -2.15. The number of hydrogen-bond donors (Lipinski definition) is 0. The van der Waals surface area contributed by atoms with Crippen LogP contribution in [0.3, 0.4) is 0 Å². The zero-order valence-electron chi connectivity index (χ0n) is 12.4. The molecule has 0 saturated carbocycles. The Kier molecular flexibility index (Phi) is 4.43. The molecular weight excluding hydrogens is 297 g/mol. The zero-order valence-corrected chi connectivity index (χ0v) is 13.4. The minimum atomic E-state index is -4.37. The maximum atomic E-state index is 12.9. The number of hydrogen-bond acceptors (Lipinski definition) is 2. The summed E-state index contributed by atoms with van der Waals surface area (Å²) < 4.78 is 45.7. The summed E-state index contributed by atoms with van der Waals surface area (Å²) in [7, 11) is -1.17. The van der Waals surface area contributed by atoms with Crippen LogP contribution in [-0.4, -0.2) is 24.5 Å². The van der Waals surface area contributed by atoms with Gasteiger partial charge in [0.05, 0.1) is 17.3 Å². The third kappa shape index (κ3) is 4.07. The van der Waals surface area contributed by atoms with Gasteiger partial charge in [-0.2, -0.15) is 18.3 Å². The van der Waals surface area contributed by atoms with Crippen LogP contribution in [0.25, 0.3) is 10.9 Å². The normalized spacial score (nSPS) is 13.0. The monoisotopic (exact) mass is 316 g/mol. The van der Waals surface area contributed by atoms with Crippen LogP contribution in [0, 0.1) is 0 Å². The number of aromatic nitrogens is 2. The molecule has 0 spiro atoms. The first-order valence-corrected chi connectivity index (χ1v) is 10.5. The molecule has 0 radical (unpaired) electrons. The topological polar surface area (TPSA) is 27.1 Å². The van der Waals surface area contributed by atoms with Crippen LogP contribution in [0.5, 0.6) is 0 Å². The lowest BCUT2D eigenvalue weighted by Crippen LogP contribution is -2.22. The first kappa shape index (κ1) is 16.0. The summed E-state index contributed by atoms with van der Waals surface area (Å²) >= 11 is 0. The van der Waals surface area contributed by atoms with Gasteiger partial charge in [0, 0.05) is 20.1 Å². The Balaban J connectivity index is 2.12. The summed E-state index contributed by atoms with van der Waals surface area (Å²) in [5.41, 5.74) is -0.217. The summed E-state index contributed by atoms with van der Waals surface area (Å²) in [6, 6.07) is 5.10. The Bertz CT molecular complexity index is 617. The highest BCUT2D eigenvalue weighted by Gasteiger charge is 2.33. The van der Waals surface area contributed by atoms with Gasteiger partial charge in [-0.05, 0) is 18.2 Å². The van der Waals surface area contributed by atoms with Gasteiger partial charge in [-0.1, -0.05) is 25.7 Å². The van der Waals surface area contributed by atoms with E-state index in [1.54, 1.807) is 6.07 Å². The lowest BCUT2D eigenvalue weighted by molar-refractivity contribution is -0.136. The van der Waals surface area contributed by atoms with Gasteiger partial charge in [0.25, 0.3) is 0 Å². The molecule has 0 saturated heterocycles. The molecule has 1 aromatic heterocycles. The molecule has 0 atom stereocenters. The van der Waals surface area contributed by atoms with E-state index in [-0.39, 0.29) is 12.1 Å². The minimum Gasteiger partial charge on any atom is -0.360 e. The van der Waals surface area contributed by atoms with Crippen molar-refractivity contribution in [1.82, 2.24) is 9.78 Å². The van der Waals surface area contributed by atoms with Crippen LogP contribution < -0.4 is 0 Å². The third-order valence-electron chi connectivity index (χ3n) is 3.20. The molecule has 21 heavy (non-hydrogen) atoms. The van der Waals surface area contributed by atoms with Crippen LogP contribution in [0.15, 0.2) is 24.4 Å². The van der Waals surface area contributed by atoms with E-state index in [2.05, 4.69) is 24.7 Å². The van der Waals surface area contributed by atoms with Gasteiger partial charge < -0.3 is 4.74 Å². The second kappa shape index (κ2) is 5.80. The van der Waals surface area contributed by atoms with Crippen molar-refractivity contribution in [1.29, 1.82) is 0 Å². The zero-order chi connectivity index (χ0) is 15.7. The molecule has 0 aliphatic rings. The average Bonchev–Trinajstić information content (AvgIpc) is 2.75. The maximum Gasteiger partial charge on any atom is 0.417 e. The van der Waals surface area contributed by atoms with Crippen molar-refractivity contribution in [3.63, 3.8) is 0 Å². The predicted octanol–water partition coefficient (Wildman–Crippen LogP) is 4.37. The summed E-state index contributed by atoms with van der Waals surface area (Å²) in [6.07, 6.45) is -3.12. The average molecular weight is 316 g/mol. The van der Waals surface area contributed by atoms with E-state index in [4.69, 9.17) is 4.74 Å². The number of fused-ring (bicyclic) bond motifs is 1. The van der Waals surface area contributed by atoms with Gasteiger partial charge in [0.1, 0.15) is 6.73 Å². The van der Waals surface area contributed by atoms with E-state index in [1.165, 1.54) is 16.9 Å². The van der Waals surface area contributed by atoms with E-state index in [0.717, 1.165) is 12.1 Å². The van der Waals surface area contributed by atoms with Gasteiger partial charge in [-0.3, -0.25) is 0 Å². The molecule has 0 aliphatic heterocycles. The Morgan fingerprint density at radius 2 is 1.95 bits per heavy atom. The Labute approximate surface area is 122 Å². The third-order valence-corrected chi connectivity index (χ3v) is 4.91. The quantitative estimate of drug-likeness (QED) is 0.605. The van der Waals surface area contributed by atoms with Gasteiger partial charge >= 0.3 is 6.18 Å². The molecule has 1 heterocycles. The smallest absolute Gasteiger partial charge is 0.360 e. The number of nitrogens with zero attached hydrogens (tertiary/aromatic N) is 2. The fourth-order valence-electron chi connectivity index (χ4n) is 1.98. The SMILES string of the molecule is C[Si](C)(C)CCOCn1ncc2c(C(F)(F)F)cccc21. The van der Waals surface area contributed by atoms with Crippen LogP contribution in [0.1, 0.15) is 5.56 Å². The summed E-state index contributed by atoms with van der Waals surface area (Å²) in [5, 5.41) is 4.12. The van der Waals surface area contributed by atoms with E-state index in [0.29, 0.717) is 12.1 Å². The fourth-order valence-corrected chi connectivity index (χ4v) is 2.74. The van der Waals surface area contributed by atoms with Gasteiger partial charge in [0.2, 0.25) is 0 Å². The Morgan fingerprint density at radius 1 is 1.24 bits per heavy atom. The molecule has 0 N–H and O–H groups in total. The summed E-state index contributed by atoms with van der Waals surface area (Å²) in [6.45, 7) is 7.52. The highest BCUT2D eigenvalue weighted by Crippen LogP contribution is 2.34. The number of rotatable bonds is 5. The summed E-state index contributed by atoms with van der Waals surface area (Å²) in [5.74, 6) is 0. The molecule has 0 bridgehead atoms. The molecule has 2 rings (SSSR count). The highest BCUT2D eigenvalue weighted by atomic mass is 28.3. The van der Waals surface area contributed by atoms with Crippen molar-refractivity contribution in [3.05, 3.63) is 30.0 Å². The van der Waals surface area contributed by atoms with Crippen molar-refractivity contribution in [2.24, 2.45) is 0 Å². The van der Waals surface area contributed by atoms with E-state index in [9.17, 15) is 13.2 Å². The minimum absolute atomic E-state index is 0.110. The standard InChI is InChI=1S/C14H19F3N2OSi/c1-21(2,3)8-7-20-10-19-13-6-4-5-12(14(15,16)17)11(13)9-18-19/h4-6,9H,7-8,10H2,1-3H3. The predicted molar refractivity (Wildman–Crippen MR) is 78.8 cm³/mol.